The number of nitrogens with two attached hydrogens (primary N) is 1. The lowest BCUT2D eigenvalue weighted by Crippen LogP contribution is -2.44. The fourth-order valence-corrected chi connectivity index (χ4v) is 6.67. The predicted octanol–water partition coefficient (Wildman–Crippen LogP) is 5.95. The Balaban J connectivity index is 1.31. The lowest BCUT2D eigenvalue weighted by Gasteiger charge is -2.41. The van der Waals surface area contributed by atoms with Crippen molar-refractivity contribution in [2.75, 3.05) is 54.9 Å². The van der Waals surface area contributed by atoms with Crippen molar-refractivity contribution in [3.05, 3.63) is 70.4 Å². The highest BCUT2D eigenvalue weighted by Crippen LogP contribution is 2.42. The van der Waals surface area contributed by atoms with Crippen LogP contribution in [0.2, 0.25) is 5.02 Å². The Kier molecular flexibility index (Phi) is 7.71. The minimum Gasteiger partial charge on any atom is -0.369 e. The van der Waals surface area contributed by atoms with Crippen LogP contribution in [0.25, 0.3) is 11.1 Å². The number of nitrogens with zero attached hydrogens (tertiary/aromatic N) is 5. The lowest BCUT2D eigenvalue weighted by atomic mass is 9.87. The molecule has 40 heavy (non-hydrogen) atoms. The first-order valence-electron chi connectivity index (χ1n) is 14.5. The average molecular weight is 558 g/mol. The summed E-state index contributed by atoms with van der Waals surface area (Å²) in [4.78, 5) is 17.2. The number of hydrogen-bond acceptors (Lipinski definition) is 7. The maximum absolute atomic E-state index is 6.68. The quantitative estimate of drug-likeness (QED) is 0.401. The highest BCUT2D eigenvalue weighted by molar-refractivity contribution is 6.32. The van der Waals surface area contributed by atoms with Gasteiger partial charge in [-0.15, -0.1) is 0 Å². The molecule has 7 nitrogen and oxygen atoms in total. The van der Waals surface area contributed by atoms with Crippen LogP contribution in [0.4, 0.5) is 23.1 Å². The first-order chi connectivity index (χ1) is 19.4. The van der Waals surface area contributed by atoms with E-state index in [9.17, 15) is 0 Å². The van der Waals surface area contributed by atoms with E-state index in [0.717, 1.165) is 86.1 Å². The normalized spacial score (nSPS) is 21.9. The molecule has 0 bridgehead atoms. The summed E-state index contributed by atoms with van der Waals surface area (Å²) in [5.74, 6) is 1.62. The third kappa shape index (κ3) is 5.42. The molecule has 2 fully saturated rings. The van der Waals surface area contributed by atoms with E-state index in [-0.39, 0.29) is 0 Å². The van der Waals surface area contributed by atoms with Gasteiger partial charge in [0.2, 0.25) is 5.95 Å². The zero-order chi connectivity index (χ0) is 27.8. The summed E-state index contributed by atoms with van der Waals surface area (Å²) in [5.41, 5.74) is 14.4. The van der Waals surface area contributed by atoms with Gasteiger partial charge < -0.3 is 25.8 Å². The number of allylic oxidation sites excluding steroid dienone is 1. The highest BCUT2D eigenvalue weighted by atomic mass is 35.5. The molecule has 2 aromatic carbocycles. The predicted molar refractivity (Wildman–Crippen MR) is 168 cm³/mol. The average Bonchev–Trinajstić information content (AvgIpc) is 2.95. The maximum Gasteiger partial charge on any atom is 0.229 e. The van der Waals surface area contributed by atoms with Gasteiger partial charge in [-0.05, 0) is 93.1 Å². The number of likely N-dealkylation sites (N-methyl/N-ethyl adjacent to an activating group) is 1. The summed E-state index contributed by atoms with van der Waals surface area (Å²) in [6.07, 6.45) is 6.18. The van der Waals surface area contributed by atoms with Crippen LogP contribution >= 0.6 is 11.6 Å². The van der Waals surface area contributed by atoms with Crippen LogP contribution in [0.1, 0.15) is 49.3 Å². The Labute approximate surface area is 243 Å². The van der Waals surface area contributed by atoms with Gasteiger partial charge in [0.15, 0.2) is 0 Å². The Morgan fingerprint density at radius 3 is 2.42 bits per heavy atom. The Morgan fingerprint density at radius 1 is 0.950 bits per heavy atom. The Hall–Kier alpha value is -3.13. The van der Waals surface area contributed by atoms with Gasteiger partial charge in [0.25, 0.3) is 0 Å². The second kappa shape index (κ2) is 11.4. The number of benzene rings is 2. The van der Waals surface area contributed by atoms with E-state index in [1.165, 1.54) is 22.4 Å². The molecule has 210 valence electrons. The third-order valence-electron chi connectivity index (χ3n) is 8.90. The van der Waals surface area contributed by atoms with Gasteiger partial charge in [-0.2, -0.15) is 4.98 Å². The van der Waals surface area contributed by atoms with E-state index in [2.05, 4.69) is 71.2 Å². The van der Waals surface area contributed by atoms with Crippen LogP contribution in [-0.2, 0) is 0 Å². The van der Waals surface area contributed by atoms with Crippen molar-refractivity contribution in [2.24, 2.45) is 5.73 Å². The summed E-state index contributed by atoms with van der Waals surface area (Å²) in [7, 11) is 2.19. The number of aromatic nitrogens is 2. The number of fused-ring (bicyclic) bond motifs is 1. The van der Waals surface area contributed by atoms with E-state index in [0.29, 0.717) is 18.0 Å². The molecule has 1 saturated heterocycles. The number of halogens is 1. The van der Waals surface area contributed by atoms with Crippen LogP contribution in [0.5, 0.6) is 0 Å². The largest absolute Gasteiger partial charge is 0.369 e. The summed E-state index contributed by atoms with van der Waals surface area (Å²) in [6.45, 7) is 9.44. The molecule has 3 aliphatic rings. The third-order valence-corrected chi connectivity index (χ3v) is 9.23. The van der Waals surface area contributed by atoms with Gasteiger partial charge >= 0.3 is 0 Å². The molecule has 2 aliphatic heterocycles. The number of piperazine rings is 1. The van der Waals surface area contributed by atoms with Gasteiger partial charge in [-0.1, -0.05) is 29.8 Å². The number of rotatable bonds is 5. The molecule has 3 heterocycles. The van der Waals surface area contributed by atoms with Gasteiger partial charge in [0.05, 0.1) is 0 Å². The fraction of sp³-hybridized carbons (Fsp3) is 0.438. The smallest absolute Gasteiger partial charge is 0.229 e. The van der Waals surface area contributed by atoms with E-state index >= 15 is 0 Å². The van der Waals surface area contributed by atoms with E-state index in [1.54, 1.807) is 0 Å². The summed E-state index contributed by atoms with van der Waals surface area (Å²) >= 11 is 6.68. The van der Waals surface area contributed by atoms with Gasteiger partial charge in [0.1, 0.15) is 5.82 Å². The standard InChI is InChI=1S/C32H40ClN7/c1-21-18-24(10-13-30(21)39-16-14-38(3)15-17-39)36-32-35-19-27-22(2)28(26-6-4-5-7-29(26)33)20-40(31(27)37-32)25-11-8-23(34)9-12-25/h4-7,10,13,18-19,23,25H,8-9,11-12,14-17,20,34H2,1-3H3,(H,35,36,37). The van der Waals surface area contributed by atoms with Crippen molar-refractivity contribution in [1.82, 2.24) is 14.9 Å². The molecule has 1 aliphatic carbocycles. The number of hydrogen-bond donors (Lipinski definition) is 2. The van der Waals surface area contributed by atoms with Crippen LogP contribution in [0.15, 0.2) is 48.7 Å². The zero-order valence-corrected chi connectivity index (χ0v) is 24.6. The SMILES string of the molecule is CC1=C(c2ccccc2Cl)CN(C2CCC(N)CC2)c2nc(Nc3ccc(N4CCN(C)CC4)c(C)c3)ncc21. The molecule has 0 amide bonds. The van der Waals surface area contributed by atoms with Crippen LogP contribution in [0.3, 0.4) is 0 Å². The molecule has 6 rings (SSSR count). The molecular weight excluding hydrogens is 518 g/mol. The molecule has 0 unspecified atom stereocenters. The number of anilines is 4. The molecule has 0 spiro atoms. The molecule has 1 saturated carbocycles. The summed E-state index contributed by atoms with van der Waals surface area (Å²) in [5, 5.41) is 4.27. The monoisotopic (exact) mass is 557 g/mol. The first kappa shape index (κ1) is 27.1. The van der Waals surface area contributed by atoms with Crippen molar-refractivity contribution in [2.45, 2.75) is 51.6 Å². The van der Waals surface area contributed by atoms with Crippen molar-refractivity contribution in [1.29, 1.82) is 0 Å². The molecule has 3 aromatic rings. The van der Waals surface area contributed by atoms with Crippen LogP contribution in [0, 0.1) is 6.92 Å². The maximum atomic E-state index is 6.68. The molecule has 0 radical (unpaired) electrons. The second-order valence-corrected chi connectivity index (χ2v) is 12.0. The Bertz CT molecular complexity index is 1400. The highest BCUT2D eigenvalue weighted by Gasteiger charge is 2.32. The zero-order valence-electron chi connectivity index (χ0n) is 23.8. The molecule has 0 atom stereocenters. The van der Waals surface area contributed by atoms with E-state index in [1.807, 2.05) is 18.3 Å². The minimum absolute atomic E-state index is 0.292. The van der Waals surface area contributed by atoms with Gasteiger partial charge in [-0.3, -0.25) is 0 Å². The first-order valence-corrected chi connectivity index (χ1v) is 14.9. The molecule has 8 heteroatoms. The summed E-state index contributed by atoms with van der Waals surface area (Å²) in [6, 6.07) is 15.4. The van der Waals surface area contributed by atoms with E-state index < -0.39 is 0 Å². The molecule has 3 N–H and O–H groups in total. The minimum atomic E-state index is 0.292. The lowest BCUT2D eigenvalue weighted by molar-refractivity contribution is 0.312. The fourth-order valence-electron chi connectivity index (χ4n) is 6.42. The van der Waals surface area contributed by atoms with Crippen molar-refractivity contribution in [3.8, 4) is 0 Å². The van der Waals surface area contributed by atoms with Crippen LogP contribution < -0.4 is 20.9 Å². The summed E-state index contributed by atoms with van der Waals surface area (Å²) < 4.78 is 0. The second-order valence-electron chi connectivity index (χ2n) is 11.6. The van der Waals surface area contributed by atoms with Crippen molar-refractivity contribution >= 4 is 45.9 Å². The molecule has 1 aromatic heterocycles. The van der Waals surface area contributed by atoms with Crippen molar-refractivity contribution in [3.63, 3.8) is 0 Å². The Morgan fingerprint density at radius 2 is 1.70 bits per heavy atom. The van der Waals surface area contributed by atoms with Crippen LogP contribution in [-0.4, -0.2) is 66.7 Å². The van der Waals surface area contributed by atoms with Crippen molar-refractivity contribution < 1.29 is 0 Å². The number of aryl methyl sites for hydroxylation is 1. The van der Waals surface area contributed by atoms with Gasteiger partial charge in [-0.25, -0.2) is 4.98 Å². The topological polar surface area (TPSA) is 73.6 Å². The van der Waals surface area contributed by atoms with Gasteiger partial charge in [0, 0.05) is 73.0 Å². The number of nitrogens with one attached hydrogen (secondary N) is 1. The van der Waals surface area contributed by atoms with E-state index in [4.69, 9.17) is 27.3 Å². The molecular formula is C32H40ClN7.